The van der Waals surface area contributed by atoms with Crippen molar-refractivity contribution >= 4 is 0 Å². The number of ether oxygens (including phenoxy) is 1. The summed E-state index contributed by atoms with van der Waals surface area (Å²) in [5, 5.41) is 9.99. The van der Waals surface area contributed by atoms with E-state index in [2.05, 4.69) is 25.1 Å². The standard InChI is InChI=1S/C17H24O2/c1-12-3-6-16(19-2)14(7-12)10-17(11-18)9-13-4-5-15(17)8-13/h3,6-7,13,15,18H,4-5,8-11H2,1-2H3. The maximum atomic E-state index is 9.99. The van der Waals surface area contributed by atoms with Crippen LogP contribution in [0.1, 0.15) is 36.8 Å². The van der Waals surface area contributed by atoms with Gasteiger partial charge in [-0.05, 0) is 56.1 Å². The first-order chi connectivity index (χ1) is 9.16. The number of fused-ring (bicyclic) bond motifs is 2. The van der Waals surface area contributed by atoms with Crippen molar-refractivity contribution in [2.45, 2.75) is 39.0 Å². The Morgan fingerprint density at radius 2 is 2.21 bits per heavy atom. The van der Waals surface area contributed by atoms with E-state index < -0.39 is 0 Å². The fourth-order valence-corrected chi connectivity index (χ4v) is 4.45. The first-order valence-electron chi connectivity index (χ1n) is 7.41. The van der Waals surface area contributed by atoms with E-state index >= 15 is 0 Å². The Labute approximate surface area is 115 Å². The normalized spacial score (nSPS) is 32.8. The molecule has 2 saturated carbocycles. The zero-order valence-corrected chi connectivity index (χ0v) is 12.0. The van der Waals surface area contributed by atoms with Crippen LogP contribution in [0, 0.1) is 24.2 Å². The van der Waals surface area contributed by atoms with E-state index in [4.69, 9.17) is 4.74 Å². The molecule has 104 valence electrons. The quantitative estimate of drug-likeness (QED) is 0.899. The van der Waals surface area contributed by atoms with Gasteiger partial charge in [0, 0.05) is 12.0 Å². The molecule has 3 rings (SSSR count). The van der Waals surface area contributed by atoms with E-state index in [0.29, 0.717) is 12.5 Å². The van der Waals surface area contributed by atoms with Crippen molar-refractivity contribution in [2.75, 3.05) is 13.7 Å². The lowest BCUT2D eigenvalue weighted by atomic mass is 9.70. The zero-order valence-electron chi connectivity index (χ0n) is 12.0. The molecule has 0 saturated heterocycles. The minimum absolute atomic E-state index is 0.115. The van der Waals surface area contributed by atoms with Gasteiger partial charge in [0.15, 0.2) is 0 Å². The molecule has 2 heteroatoms. The lowest BCUT2D eigenvalue weighted by Crippen LogP contribution is -2.34. The highest BCUT2D eigenvalue weighted by Gasteiger charge is 2.50. The van der Waals surface area contributed by atoms with Crippen molar-refractivity contribution in [3.63, 3.8) is 0 Å². The van der Waals surface area contributed by atoms with Gasteiger partial charge in [-0.15, -0.1) is 0 Å². The van der Waals surface area contributed by atoms with Gasteiger partial charge in [0.25, 0.3) is 0 Å². The fourth-order valence-electron chi connectivity index (χ4n) is 4.45. The summed E-state index contributed by atoms with van der Waals surface area (Å²) in [4.78, 5) is 0. The molecule has 0 aromatic heterocycles. The highest BCUT2D eigenvalue weighted by atomic mass is 16.5. The Balaban J connectivity index is 1.89. The molecule has 2 aliphatic carbocycles. The van der Waals surface area contributed by atoms with Crippen LogP contribution in [0.25, 0.3) is 0 Å². The van der Waals surface area contributed by atoms with Crippen molar-refractivity contribution < 1.29 is 9.84 Å². The highest BCUT2D eigenvalue weighted by Crippen LogP contribution is 2.57. The SMILES string of the molecule is COc1ccc(C)cc1CC1(CO)CC2CCC1C2. The predicted molar refractivity (Wildman–Crippen MR) is 76.4 cm³/mol. The smallest absolute Gasteiger partial charge is 0.122 e. The number of aliphatic hydroxyl groups excluding tert-OH is 1. The molecule has 1 aromatic rings. The van der Waals surface area contributed by atoms with Gasteiger partial charge in [0.2, 0.25) is 0 Å². The molecule has 3 unspecified atom stereocenters. The summed E-state index contributed by atoms with van der Waals surface area (Å²) < 4.78 is 5.50. The second-order valence-electron chi connectivity index (χ2n) is 6.59. The van der Waals surface area contributed by atoms with E-state index in [9.17, 15) is 5.11 Å². The maximum absolute atomic E-state index is 9.99. The second-order valence-corrected chi connectivity index (χ2v) is 6.59. The average molecular weight is 260 g/mol. The molecule has 1 aromatic carbocycles. The first-order valence-corrected chi connectivity index (χ1v) is 7.41. The lowest BCUT2D eigenvalue weighted by molar-refractivity contribution is 0.0646. The number of aryl methyl sites for hydroxylation is 1. The monoisotopic (exact) mass is 260 g/mol. The van der Waals surface area contributed by atoms with Crippen LogP contribution in [0.15, 0.2) is 18.2 Å². The van der Waals surface area contributed by atoms with Crippen LogP contribution in [0.2, 0.25) is 0 Å². The molecule has 0 amide bonds. The van der Waals surface area contributed by atoms with Gasteiger partial charge in [0.05, 0.1) is 7.11 Å². The largest absolute Gasteiger partial charge is 0.496 e. The third-order valence-corrected chi connectivity index (χ3v) is 5.40. The van der Waals surface area contributed by atoms with E-state index in [1.165, 1.54) is 36.8 Å². The Morgan fingerprint density at radius 3 is 2.79 bits per heavy atom. The van der Waals surface area contributed by atoms with Gasteiger partial charge < -0.3 is 9.84 Å². The van der Waals surface area contributed by atoms with E-state index in [0.717, 1.165) is 18.1 Å². The lowest BCUT2D eigenvalue weighted by Gasteiger charge is -2.36. The number of aliphatic hydroxyl groups is 1. The minimum atomic E-state index is 0.115. The molecule has 0 radical (unpaired) electrons. The molecular formula is C17H24O2. The Kier molecular flexibility index (Phi) is 3.30. The number of methoxy groups -OCH3 is 1. The van der Waals surface area contributed by atoms with Gasteiger partial charge >= 0.3 is 0 Å². The van der Waals surface area contributed by atoms with Gasteiger partial charge in [-0.25, -0.2) is 0 Å². The molecule has 1 N–H and O–H groups in total. The van der Waals surface area contributed by atoms with Crippen LogP contribution >= 0.6 is 0 Å². The molecule has 0 spiro atoms. The topological polar surface area (TPSA) is 29.5 Å². The summed E-state index contributed by atoms with van der Waals surface area (Å²) in [5.41, 5.74) is 2.65. The molecular weight excluding hydrogens is 236 g/mol. The van der Waals surface area contributed by atoms with Gasteiger partial charge in [-0.1, -0.05) is 24.1 Å². The van der Waals surface area contributed by atoms with Crippen LogP contribution in [-0.4, -0.2) is 18.8 Å². The van der Waals surface area contributed by atoms with Crippen molar-refractivity contribution in [1.29, 1.82) is 0 Å². The molecule has 2 nitrogen and oxygen atoms in total. The second kappa shape index (κ2) is 4.82. The molecule has 2 aliphatic rings. The molecule has 2 fully saturated rings. The average Bonchev–Trinajstić information content (AvgIpc) is 3.00. The predicted octanol–water partition coefficient (Wildman–Crippen LogP) is 3.34. The number of rotatable bonds is 4. The zero-order chi connectivity index (χ0) is 13.5. The van der Waals surface area contributed by atoms with Gasteiger partial charge in [-0.3, -0.25) is 0 Å². The highest BCUT2D eigenvalue weighted by molar-refractivity contribution is 5.38. The minimum Gasteiger partial charge on any atom is -0.496 e. The maximum Gasteiger partial charge on any atom is 0.122 e. The van der Waals surface area contributed by atoms with Crippen LogP contribution in [-0.2, 0) is 6.42 Å². The Hall–Kier alpha value is -1.02. The molecule has 0 aliphatic heterocycles. The number of hydrogen-bond acceptors (Lipinski definition) is 2. The number of hydrogen-bond donors (Lipinski definition) is 1. The summed E-state index contributed by atoms with van der Waals surface area (Å²) in [5.74, 6) is 2.54. The third-order valence-electron chi connectivity index (χ3n) is 5.40. The van der Waals surface area contributed by atoms with Crippen LogP contribution in [0.3, 0.4) is 0 Å². The Bertz CT molecular complexity index is 468. The van der Waals surface area contributed by atoms with Crippen molar-refractivity contribution in [3.8, 4) is 5.75 Å². The van der Waals surface area contributed by atoms with E-state index in [1.807, 2.05) is 0 Å². The van der Waals surface area contributed by atoms with Crippen LogP contribution < -0.4 is 4.74 Å². The van der Waals surface area contributed by atoms with Crippen molar-refractivity contribution in [2.24, 2.45) is 17.3 Å². The van der Waals surface area contributed by atoms with E-state index in [1.54, 1.807) is 7.11 Å². The molecule has 3 atom stereocenters. The van der Waals surface area contributed by atoms with E-state index in [-0.39, 0.29) is 5.41 Å². The van der Waals surface area contributed by atoms with Gasteiger partial charge in [-0.2, -0.15) is 0 Å². The summed E-state index contributed by atoms with van der Waals surface area (Å²) in [6.45, 7) is 2.45. The summed E-state index contributed by atoms with van der Waals surface area (Å²) in [7, 11) is 1.74. The summed E-state index contributed by atoms with van der Waals surface area (Å²) >= 11 is 0. The number of benzene rings is 1. The Morgan fingerprint density at radius 1 is 1.37 bits per heavy atom. The van der Waals surface area contributed by atoms with Crippen molar-refractivity contribution in [1.82, 2.24) is 0 Å². The first kappa shape index (κ1) is 13.0. The van der Waals surface area contributed by atoms with Crippen LogP contribution in [0.4, 0.5) is 0 Å². The van der Waals surface area contributed by atoms with Crippen molar-refractivity contribution in [3.05, 3.63) is 29.3 Å². The van der Waals surface area contributed by atoms with Gasteiger partial charge in [0.1, 0.15) is 5.75 Å². The summed E-state index contributed by atoms with van der Waals surface area (Å²) in [6, 6.07) is 6.37. The third kappa shape index (κ3) is 2.16. The fraction of sp³-hybridized carbons (Fsp3) is 0.647. The molecule has 2 bridgehead atoms. The molecule has 19 heavy (non-hydrogen) atoms. The van der Waals surface area contributed by atoms with Crippen LogP contribution in [0.5, 0.6) is 5.75 Å². The summed E-state index contributed by atoms with van der Waals surface area (Å²) in [6.07, 6.45) is 6.17. The molecule has 0 heterocycles.